The predicted molar refractivity (Wildman–Crippen MR) is 78.5 cm³/mol. The Hall–Kier alpha value is 0.0500. The molecule has 18 heavy (non-hydrogen) atoms. The zero-order chi connectivity index (χ0) is 13.4. The van der Waals surface area contributed by atoms with E-state index < -0.39 is 15.4 Å². The quantitative estimate of drug-likeness (QED) is 0.890. The van der Waals surface area contributed by atoms with Crippen molar-refractivity contribution in [3.63, 3.8) is 0 Å². The molecule has 0 spiro atoms. The van der Waals surface area contributed by atoms with Crippen LogP contribution in [0.3, 0.4) is 0 Å². The Labute approximate surface area is 120 Å². The average Bonchev–Trinajstić information content (AvgIpc) is 2.83. The fourth-order valence-electron chi connectivity index (χ4n) is 2.39. The molecule has 0 saturated carbocycles. The molecule has 0 bridgehead atoms. The maximum atomic E-state index is 11.7. The van der Waals surface area contributed by atoms with Gasteiger partial charge in [-0.2, -0.15) is 0 Å². The molecule has 1 aliphatic heterocycles. The molecule has 0 aliphatic carbocycles. The lowest BCUT2D eigenvalue weighted by atomic mass is 9.97. The molecule has 2 rings (SSSR count). The summed E-state index contributed by atoms with van der Waals surface area (Å²) in [6, 6.07) is 2.06. The van der Waals surface area contributed by atoms with Gasteiger partial charge in [0.25, 0.3) is 0 Å². The molecule has 2 heterocycles. The van der Waals surface area contributed by atoms with Crippen LogP contribution in [-0.2, 0) is 16.4 Å². The highest BCUT2D eigenvalue weighted by atomic mass is 79.9. The molecule has 1 fully saturated rings. The van der Waals surface area contributed by atoms with Crippen molar-refractivity contribution in [1.82, 2.24) is 4.90 Å². The first-order valence-electron chi connectivity index (χ1n) is 5.72. The fraction of sp³-hybridized carbons (Fsp3) is 0.636. The summed E-state index contributed by atoms with van der Waals surface area (Å²) < 4.78 is 24.4. The maximum absolute atomic E-state index is 11.7. The van der Waals surface area contributed by atoms with E-state index in [1.165, 1.54) is 5.56 Å². The lowest BCUT2D eigenvalue weighted by molar-refractivity contribution is 0.143. The van der Waals surface area contributed by atoms with Crippen LogP contribution in [0, 0.1) is 0 Å². The normalized spacial score (nSPS) is 26.9. The maximum Gasteiger partial charge on any atom is 0.152 e. The minimum Gasteiger partial charge on any atom is -0.329 e. The highest BCUT2D eigenvalue weighted by Crippen LogP contribution is 2.30. The molecular formula is C11H17BrN2O2S2. The van der Waals surface area contributed by atoms with E-state index in [9.17, 15) is 8.42 Å². The number of likely N-dealkylation sites (N-methyl/N-ethyl adjacent to an activating group) is 1. The Morgan fingerprint density at radius 3 is 2.78 bits per heavy atom. The molecule has 1 aliphatic rings. The molecule has 0 aromatic carbocycles. The van der Waals surface area contributed by atoms with Gasteiger partial charge in [-0.05, 0) is 46.4 Å². The van der Waals surface area contributed by atoms with Crippen LogP contribution in [0.1, 0.15) is 12.0 Å². The van der Waals surface area contributed by atoms with Crippen molar-refractivity contribution >= 4 is 37.1 Å². The third kappa shape index (κ3) is 2.96. The number of nitrogens with two attached hydrogens (primary N) is 1. The Morgan fingerprint density at radius 2 is 2.33 bits per heavy atom. The summed E-state index contributed by atoms with van der Waals surface area (Å²) in [5.74, 6) is 0.431. The van der Waals surface area contributed by atoms with E-state index in [1.807, 2.05) is 7.05 Å². The lowest BCUT2D eigenvalue weighted by Gasteiger charge is -2.36. The van der Waals surface area contributed by atoms with Gasteiger partial charge in [0.1, 0.15) is 0 Å². The number of nitrogens with zero attached hydrogens (tertiary/aromatic N) is 1. The summed E-state index contributed by atoms with van der Waals surface area (Å²) in [6.07, 6.45) is 0.633. The van der Waals surface area contributed by atoms with E-state index >= 15 is 0 Å². The SMILES string of the molecule is CN(Cc1csc(Br)c1)C1(CN)CCS(=O)(=O)C1. The van der Waals surface area contributed by atoms with Crippen LogP contribution < -0.4 is 5.73 Å². The average molecular weight is 353 g/mol. The number of rotatable bonds is 4. The van der Waals surface area contributed by atoms with Crippen molar-refractivity contribution in [1.29, 1.82) is 0 Å². The van der Waals surface area contributed by atoms with Gasteiger partial charge in [0.15, 0.2) is 9.84 Å². The zero-order valence-corrected chi connectivity index (χ0v) is 13.4. The molecule has 1 atom stereocenters. The van der Waals surface area contributed by atoms with Gasteiger partial charge >= 0.3 is 0 Å². The number of sulfone groups is 1. The van der Waals surface area contributed by atoms with Gasteiger partial charge in [-0.3, -0.25) is 4.90 Å². The molecule has 1 aromatic rings. The van der Waals surface area contributed by atoms with Gasteiger partial charge in [0, 0.05) is 18.6 Å². The number of thiophene rings is 1. The van der Waals surface area contributed by atoms with Crippen LogP contribution in [0.4, 0.5) is 0 Å². The van der Waals surface area contributed by atoms with Gasteiger partial charge in [0.2, 0.25) is 0 Å². The standard InChI is InChI=1S/C11H17BrN2O2S2/c1-14(5-9-4-10(12)17-6-9)11(7-13)2-3-18(15,16)8-11/h4,6H,2-3,5,7-8,13H2,1H3. The Morgan fingerprint density at radius 1 is 1.61 bits per heavy atom. The van der Waals surface area contributed by atoms with Crippen molar-refractivity contribution in [3.05, 3.63) is 20.8 Å². The minimum absolute atomic E-state index is 0.179. The first-order chi connectivity index (χ1) is 8.37. The summed E-state index contributed by atoms with van der Waals surface area (Å²) in [4.78, 5) is 2.09. The predicted octanol–water partition coefficient (Wildman–Crippen LogP) is 1.46. The first kappa shape index (κ1) is 14.5. The van der Waals surface area contributed by atoms with Crippen LogP contribution in [0.2, 0.25) is 0 Å². The van der Waals surface area contributed by atoms with Crippen molar-refractivity contribution < 1.29 is 8.42 Å². The van der Waals surface area contributed by atoms with E-state index in [-0.39, 0.29) is 11.5 Å². The molecule has 1 saturated heterocycles. The van der Waals surface area contributed by atoms with Crippen LogP contribution in [-0.4, -0.2) is 44.0 Å². The third-order valence-corrected chi connectivity index (χ3v) is 6.95. The van der Waals surface area contributed by atoms with Gasteiger partial charge in [0.05, 0.1) is 15.3 Å². The Bertz CT molecular complexity index is 529. The van der Waals surface area contributed by atoms with Crippen LogP contribution >= 0.6 is 27.3 Å². The smallest absolute Gasteiger partial charge is 0.152 e. The number of halogens is 1. The van der Waals surface area contributed by atoms with Crippen molar-refractivity contribution in [2.45, 2.75) is 18.5 Å². The molecule has 1 unspecified atom stereocenters. The molecule has 7 heteroatoms. The summed E-state index contributed by atoms with van der Waals surface area (Å²) in [7, 11) is -0.969. The highest BCUT2D eigenvalue weighted by molar-refractivity contribution is 9.11. The number of hydrogen-bond acceptors (Lipinski definition) is 5. The molecule has 0 radical (unpaired) electrons. The molecule has 4 nitrogen and oxygen atoms in total. The van der Waals surface area contributed by atoms with E-state index in [1.54, 1.807) is 11.3 Å². The Kier molecular flexibility index (Phi) is 4.18. The van der Waals surface area contributed by atoms with E-state index in [4.69, 9.17) is 5.73 Å². The van der Waals surface area contributed by atoms with Crippen molar-refractivity contribution in [2.75, 3.05) is 25.1 Å². The summed E-state index contributed by atoms with van der Waals surface area (Å²) in [5, 5.41) is 2.08. The molecule has 2 N–H and O–H groups in total. The van der Waals surface area contributed by atoms with Gasteiger partial charge in [-0.15, -0.1) is 11.3 Å². The number of hydrogen-bond donors (Lipinski definition) is 1. The zero-order valence-electron chi connectivity index (χ0n) is 10.2. The minimum atomic E-state index is -2.93. The van der Waals surface area contributed by atoms with E-state index in [0.29, 0.717) is 13.0 Å². The van der Waals surface area contributed by atoms with Crippen LogP contribution in [0.15, 0.2) is 15.2 Å². The van der Waals surface area contributed by atoms with E-state index in [0.717, 1.165) is 10.3 Å². The second-order valence-corrected chi connectivity index (χ2v) is 9.36. The Balaban J connectivity index is 2.14. The third-order valence-electron chi connectivity index (χ3n) is 3.60. The second-order valence-electron chi connectivity index (χ2n) is 4.89. The van der Waals surface area contributed by atoms with E-state index in [2.05, 4.69) is 32.3 Å². The van der Waals surface area contributed by atoms with Crippen molar-refractivity contribution in [2.24, 2.45) is 5.73 Å². The van der Waals surface area contributed by atoms with Crippen LogP contribution in [0.5, 0.6) is 0 Å². The second kappa shape index (κ2) is 5.20. The van der Waals surface area contributed by atoms with Gasteiger partial charge in [-0.25, -0.2) is 8.42 Å². The topological polar surface area (TPSA) is 63.4 Å². The van der Waals surface area contributed by atoms with Crippen LogP contribution in [0.25, 0.3) is 0 Å². The largest absolute Gasteiger partial charge is 0.329 e. The molecule has 1 aromatic heterocycles. The first-order valence-corrected chi connectivity index (χ1v) is 9.21. The van der Waals surface area contributed by atoms with Gasteiger partial charge < -0.3 is 5.73 Å². The summed E-state index contributed by atoms with van der Waals surface area (Å²) in [5.41, 5.74) is 6.63. The molecular weight excluding hydrogens is 336 g/mol. The summed E-state index contributed by atoms with van der Waals surface area (Å²) in [6.45, 7) is 1.11. The fourth-order valence-corrected chi connectivity index (χ4v) is 5.72. The molecule has 102 valence electrons. The highest BCUT2D eigenvalue weighted by Gasteiger charge is 2.44. The molecule has 0 amide bonds. The monoisotopic (exact) mass is 352 g/mol. The summed E-state index contributed by atoms with van der Waals surface area (Å²) >= 11 is 5.07. The van der Waals surface area contributed by atoms with Gasteiger partial charge in [-0.1, -0.05) is 0 Å². The lowest BCUT2D eigenvalue weighted by Crippen LogP contribution is -2.52. The van der Waals surface area contributed by atoms with Crippen molar-refractivity contribution in [3.8, 4) is 0 Å².